The van der Waals surface area contributed by atoms with Gasteiger partial charge in [-0.2, -0.15) is 0 Å². The number of piperazine rings is 1. The first kappa shape index (κ1) is 26.0. The number of aryl methyl sites for hydroxylation is 1. The fourth-order valence-electron chi connectivity index (χ4n) is 6.50. The molecule has 3 aromatic carbocycles. The molecule has 0 aromatic heterocycles. The number of nitrogens with zero attached hydrogens (tertiary/aromatic N) is 4. The number of hydrogen-bond acceptors (Lipinski definition) is 4. The molecule has 6 rings (SSSR count). The number of anilines is 2. The van der Waals surface area contributed by atoms with Gasteiger partial charge in [0.2, 0.25) is 0 Å². The highest BCUT2D eigenvalue weighted by molar-refractivity contribution is 5.94. The summed E-state index contributed by atoms with van der Waals surface area (Å²) in [6.07, 6.45) is 1.94. The Bertz CT molecular complexity index is 1300. The molecule has 3 heterocycles. The average molecular weight is 531 g/mol. The predicted octanol–water partition coefficient (Wildman–Crippen LogP) is 5.29. The molecule has 2 fully saturated rings. The second kappa shape index (κ2) is 11.1. The second-order valence-corrected chi connectivity index (χ2v) is 11.0. The van der Waals surface area contributed by atoms with Gasteiger partial charge in [-0.15, -0.1) is 0 Å². The van der Waals surface area contributed by atoms with E-state index in [9.17, 15) is 13.6 Å². The molecule has 3 aliphatic heterocycles. The van der Waals surface area contributed by atoms with E-state index in [-0.39, 0.29) is 29.5 Å². The zero-order valence-corrected chi connectivity index (χ0v) is 22.5. The lowest BCUT2D eigenvalue weighted by Gasteiger charge is -2.40. The van der Waals surface area contributed by atoms with Crippen molar-refractivity contribution in [2.75, 3.05) is 57.3 Å². The maximum absolute atomic E-state index is 14.3. The molecule has 3 aromatic rings. The number of hydrogen-bond donors (Lipinski definition) is 0. The van der Waals surface area contributed by atoms with E-state index in [2.05, 4.69) is 21.6 Å². The molecule has 5 nitrogen and oxygen atoms in total. The summed E-state index contributed by atoms with van der Waals surface area (Å²) in [5, 5.41) is 0. The van der Waals surface area contributed by atoms with Gasteiger partial charge in [0.1, 0.15) is 11.6 Å². The van der Waals surface area contributed by atoms with Crippen LogP contribution in [0.3, 0.4) is 0 Å². The van der Waals surface area contributed by atoms with Crippen LogP contribution in [-0.4, -0.2) is 79.0 Å². The van der Waals surface area contributed by atoms with Crippen LogP contribution in [0, 0.1) is 11.6 Å². The van der Waals surface area contributed by atoms with Crippen LogP contribution in [0.5, 0.6) is 0 Å². The molecule has 0 saturated carbocycles. The number of halogens is 2. The van der Waals surface area contributed by atoms with E-state index in [1.54, 1.807) is 6.07 Å². The van der Waals surface area contributed by atoms with Crippen LogP contribution in [0.1, 0.15) is 40.7 Å². The van der Waals surface area contributed by atoms with Gasteiger partial charge in [-0.3, -0.25) is 9.69 Å². The van der Waals surface area contributed by atoms with Gasteiger partial charge in [-0.1, -0.05) is 19.1 Å². The normalized spacial score (nSPS) is 21.6. The highest BCUT2D eigenvalue weighted by atomic mass is 19.1. The van der Waals surface area contributed by atoms with Crippen molar-refractivity contribution >= 4 is 17.3 Å². The van der Waals surface area contributed by atoms with Gasteiger partial charge in [0, 0.05) is 81.3 Å². The Morgan fingerprint density at radius 3 is 2.23 bits per heavy atom. The maximum Gasteiger partial charge on any atom is 0.253 e. The van der Waals surface area contributed by atoms with Crippen molar-refractivity contribution in [3.8, 4) is 0 Å². The standard InChI is InChI=1S/C32H36F2N4O/c1-2-23-3-5-24(6-4-23)32(39)37-19-17-35(18-20-37)15-16-36-14-13-31-29(22-36)28-21-26(34)9-12-30(28)38(31)27-10-7-25(33)8-11-27/h3-12,21,29,31H,2,13-20,22H2,1H3/t29-,31+/m0/s1. The molecule has 0 spiro atoms. The Hall–Kier alpha value is -3.29. The molecular formula is C32H36F2N4O. The molecule has 0 unspecified atom stereocenters. The van der Waals surface area contributed by atoms with Gasteiger partial charge < -0.3 is 14.7 Å². The summed E-state index contributed by atoms with van der Waals surface area (Å²) >= 11 is 0. The van der Waals surface area contributed by atoms with Crippen molar-refractivity contribution in [1.29, 1.82) is 0 Å². The summed E-state index contributed by atoms with van der Waals surface area (Å²) in [4.78, 5) is 22.1. The lowest BCUT2D eigenvalue weighted by atomic mass is 9.89. The molecule has 0 radical (unpaired) electrons. The molecule has 2 saturated heterocycles. The fraction of sp³-hybridized carbons (Fsp3) is 0.406. The van der Waals surface area contributed by atoms with Crippen LogP contribution in [0.25, 0.3) is 0 Å². The zero-order valence-electron chi connectivity index (χ0n) is 22.5. The third-order valence-corrected chi connectivity index (χ3v) is 8.75. The van der Waals surface area contributed by atoms with Gasteiger partial charge >= 0.3 is 0 Å². The van der Waals surface area contributed by atoms with Crippen molar-refractivity contribution < 1.29 is 13.6 Å². The largest absolute Gasteiger partial charge is 0.337 e. The number of likely N-dealkylation sites (tertiary alicyclic amines) is 1. The number of amides is 1. The van der Waals surface area contributed by atoms with Gasteiger partial charge in [0.25, 0.3) is 5.91 Å². The summed E-state index contributed by atoms with van der Waals surface area (Å²) < 4.78 is 27.9. The summed E-state index contributed by atoms with van der Waals surface area (Å²) in [7, 11) is 0. The molecule has 1 amide bonds. The van der Waals surface area contributed by atoms with E-state index in [4.69, 9.17) is 0 Å². The topological polar surface area (TPSA) is 30.0 Å². The molecule has 0 aliphatic carbocycles. The van der Waals surface area contributed by atoms with Crippen LogP contribution in [0.2, 0.25) is 0 Å². The SMILES string of the molecule is CCc1ccc(C(=O)N2CCN(CCN3CC[C@@H]4[C@@H](C3)c3cc(F)ccc3N4c3ccc(F)cc3)CC2)cc1. The number of piperidine rings is 1. The molecule has 204 valence electrons. The lowest BCUT2D eigenvalue weighted by Crippen LogP contribution is -2.51. The number of rotatable bonds is 6. The third kappa shape index (κ3) is 5.30. The van der Waals surface area contributed by atoms with E-state index in [0.29, 0.717) is 0 Å². The average Bonchev–Trinajstić information content (AvgIpc) is 3.29. The van der Waals surface area contributed by atoms with Crippen molar-refractivity contribution in [3.05, 3.63) is 95.1 Å². The molecule has 3 aliphatic rings. The monoisotopic (exact) mass is 530 g/mol. The molecule has 0 N–H and O–H groups in total. The molecule has 39 heavy (non-hydrogen) atoms. The van der Waals surface area contributed by atoms with Crippen molar-refractivity contribution in [1.82, 2.24) is 14.7 Å². The van der Waals surface area contributed by atoms with Crippen LogP contribution in [0.15, 0.2) is 66.7 Å². The van der Waals surface area contributed by atoms with Crippen LogP contribution >= 0.6 is 0 Å². The smallest absolute Gasteiger partial charge is 0.253 e. The summed E-state index contributed by atoms with van der Waals surface area (Å²) in [6.45, 7) is 9.14. The Labute approximate surface area is 229 Å². The van der Waals surface area contributed by atoms with Gasteiger partial charge in [0.15, 0.2) is 0 Å². The number of fused-ring (bicyclic) bond motifs is 3. The van der Waals surface area contributed by atoms with Gasteiger partial charge in [0.05, 0.1) is 0 Å². The summed E-state index contributed by atoms with van der Waals surface area (Å²) in [6, 6.07) is 19.9. The summed E-state index contributed by atoms with van der Waals surface area (Å²) in [5.74, 6) is -0.126. The minimum Gasteiger partial charge on any atom is -0.337 e. The number of benzene rings is 3. The lowest BCUT2D eigenvalue weighted by molar-refractivity contribution is 0.0615. The first-order chi connectivity index (χ1) is 19.0. The molecular weight excluding hydrogens is 494 g/mol. The first-order valence-electron chi connectivity index (χ1n) is 14.2. The molecule has 2 atom stereocenters. The number of carbonyl (C=O) groups is 1. The Morgan fingerprint density at radius 2 is 1.51 bits per heavy atom. The van der Waals surface area contributed by atoms with Crippen LogP contribution in [0.4, 0.5) is 20.2 Å². The second-order valence-electron chi connectivity index (χ2n) is 11.0. The highest BCUT2D eigenvalue weighted by Gasteiger charge is 2.42. The van der Waals surface area contributed by atoms with Crippen LogP contribution < -0.4 is 4.90 Å². The van der Waals surface area contributed by atoms with E-state index in [0.717, 1.165) is 87.7 Å². The Balaban J connectivity index is 1.05. The highest BCUT2D eigenvalue weighted by Crippen LogP contribution is 2.48. The quantitative estimate of drug-likeness (QED) is 0.433. The Morgan fingerprint density at radius 1 is 0.821 bits per heavy atom. The predicted molar refractivity (Wildman–Crippen MR) is 151 cm³/mol. The van der Waals surface area contributed by atoms with Crippen molar-refractivity contribution in [3.63, 3.8) is 0 Å². The van der Waals surface area contributed by atoms with E-state index in [1.807, 2.05) is 47.4 Å². The summed E-state index contributed by atoms with van der Waals surface area (Å²) in [5.41, 5.74) is 5.05. The van der Waals surface area contributed by atoms with Gasteiger partial charge in [-0.05, 0) is 78.6 Å². The fourth-order valence-corrected chi connectivity index (χ4v) is 6.50. The minimum atomic E-state index is -0.250. The minimum absolute atomic E-state index is 0.122. The molecule has 7 heteroatoms. The molecule has 0 bridgehead atoms. The van der Waals surface area contributed by atoms with E-state index < -0.39 is 0 Å². The first-order valence-corrected chi connectivity index (χ1v) is 14.2. The Kier molecular flexibility index (Phi) is 7.36. The van der Waals surface area contributed by atoms with Crippen molar-refractivity contribution in [2.24, 2.45) is 0 Å². The van der Waals surface area contributed by atoms with Crippen LogP contribution in [-0.2, 0) is 6.42 Å². The number of carbonyl (C=O) groups excluding carboxylic acids is 1. The van der Waals surface area contributed by atoms with Gasteiger partial charge in [-0.25, -0.2) is 8.78 Å². The third-order valence-electron chi connectivity index (χ3n) is 8.75. The maximum atomic E-state index is 14.3. The van der Waals surface area contributed by atoms with E-state index >= 15 is 0 Å². The zero-order chi connectivity index (χ0) is 26.9. The van der Waals surface area contributed by atoms with E-state index in [1.165, 1.54) is 23.8 Å². The van der Waals surface area contributed by atoms with Crippen molar-refractivity contribution in [2.45, 2.75) is 31.7 Å².